The molecular formula is C13H21N3S2. The van der Waals surface area contributed by atoms with Crippen LogP contribution in [-0.2, 0) is 0 Å². The molecule has 2 rings (SSSR count). The Labute approximate surface area is 118 Å². The zero-order valence-electron chi connectivity index (χ0n) is 11.1. The number of aromatic nitrogens is 1. The van der Waals surface area contributed by atoms with E-state index in [-0.39, 0.29) is 6.04 Å². The molecule has 3 N–H and O–H groups in total. The second kappa shape index (κ2) is 6.17. The number of nitrogens with two attached hydrogens (primary N) is 1. The summed E-state index contributed by atoms with van der Waals surface area (Å²) in [6, 6.07) is 2.16. The zero-order chi connectivity index (χ0) is 13.1. The van der Waals surface area contributed by atoms with Crippen LogP contribution in [0.25, 0.3) is 0 Å². The van der Waals surface area contributed by atoms with Crippen LogP contribution in [0.5, 0.6) is 0 Å². The molecule has 5 heteroatoms. The largest absolute Gasteiger partial charge is 0.398 e. The lowest BCUT2D eigenvalue weighted by molar-refractivity contribution is 0.588. The number of pyridine rings is 1. The first kappa shape index (κ1) is 14.0. The molecule has 0 radical (unpaired) electrons. The van der Waals surface area contributed by atoms with Gasteiger partial charge < -0.3 is 11.1 Å². The number of nitrogens with zero attached hydrogens (tertiary/aromatic N) is 1. The molecule has 0 amide bonds. The second-order valence-electron chi connectivity index (χ2n) is 4.69. The highest BCUT2D eigenvalue weighted by Crippen LogP contribution is 2.41. The van der Waals surface area contributed by atoms with E-state index in [1.165, 1.54) is 0 Å². The van der Waals surface area contributed by atoms with Crippen molar-refractivity contribution >= 4 is 29.2 Å². The fraction of sp³-hybridized carbons (Fsp3) is 0.615. The third kappa shape index (κ3) is 2.95. The van der Waals surface area contributed by atoms with Crippen molar-refractivity contribution < 1.29 is 0 Å². The van der Waals surface area contributed by atoms with Crippen LogP contribution in [0.4, 0.5) is 5.69 Å². The Hall–Kier alpha value is -0.390. The average Bonchev–Trinajstić information content (AvgIpc) is 2.37. The molecule has 4 unspecified atom stereocenters. The van der Waals surface area contributed by atoms with E-state index in [2.05, 4.69) is 47.7 Å². The van der Waals surface area contributed by atoms with E-state index in [1.54, 1.807) is 6.20 Å². The summed E-state index contributed by atoms with van der Waals surface area (Å²) in [4.78, 5) is 4.21. The van der Waals surface area contributed by atoms with Gasteiger partial charge in [0.05, 0.1) is 0 Å². The maximum Gasteiger partial charge on any atom is 0.0482 e. The molecule has 1 aromatic heterocycles. The Kier molecular flexibility index (Phi) is 4.81. The maximum absolute atomic E-state index is 6.07. The molecular weight excluding hydrogens is 262 g/mol. The summed E-state index contributed by atoms with van der Waals surface area (Å²) in [7, 11) is 2.00. The number of nitrogen functional groups attached to an aromatic ring is 1. The summed E-state index contributed by atoms with van der Waals surface area (Å²) in [5.41, 5.74) is 8.03. The predicted octanol–water partition coefficient (Wildman–Crippen LogP) is 2.55. The first-order valence-corrected chi connectivity index (χ1v) is 8.26. The van der Waals surface area contributed by atoms with Crippen molar-refractivity contribution in [2.24, 2.45) is 0 Å². The highest BCUT2D eigenvalue weighted by atomic mass is 32.2. The summed E-state index contributed by atoms with van der Waals surface area (Å²) < 4.78 is 0. The minimum atomic E-state index is 0.283. The molecule has 100 valence electrons. The number of rotatable bonds is 3. The smallest absolute Gasteiger partial charge is 0.0482 e. The maximum atomic E-state index is 6.07. The molecule has 1 fully saturated rings. The molecule has 2 heterocycles. The lowest BCUT2D eigenvalue weighted by atomic mass is 10.0. The van der Waals surface area contributed by atoms with E-state index in [1.807, 2.05) is 19.3 Å². The Morgan fingerprint density at radius 3 is 2.83 bits per heavy atom. The molecule has 1 aliphatic rings. The van der Waals surface area contributed by atoms with Gasteiger partial charge in [-0.3, -0.25) is 4.98 Å². The number of hydrogen-bond donors (Lipinski definition) is 2. The van der Waals surface area contributed by atoms with Gasteiger partial charge in [0.15, 0.2) is 0 Å². The molecule has 1 aromatic rings. The lowest BCUT2D eigenvalue weighted by Gasteiger charge is -2.36. The molecule has 1 aliphatic heterocycles. The van der Waals surface area contributed by atoms with E-state index in [4.69, 9.17) is 5.73 Å². The molecule has 0 spiro atoms. The number of thioether (sulfide) groups is 2. The van der Waals surface area contributed by atoms with Crippen molar-refractivity contribution in [3.63, 3.8) is 0 Å². The summed E-state index contributed by atoms with van der Waals surface area (Å²) in [6.07, 6.45) is 3.64. The van der Waals surface area contributed by atoms with Crippen molar-refractivity contribution in [2.75, 3.05) is 18.5 Å². The van der Waals surface area contributed by atoms with Crippen LogP contribution >= 0.6 is 23.5 Å². The summed E-state index contributed by atoms with van der Waals surface area (Å²) in [5, 5.41) is 5.38. The first-order chi connectivity index (χ1) is 8.63. The molecule has 0 aliphatic carbocycles. The molecule has 18 heavy (non-hydrogen) atoms. The van der Waals surface area contributed by atoms with Gasteiger partial charge in [0.1, 0.15) is 0 Å². The van der Waals surface area contributed by atoms with E-state index in [0.717, 1.165) is 22.3 Å². The highest BCUT2D eigenvalue weighted by Gasteiger charge is 2.32. The van der Waals surface area contributed by atoms with Crippen molar-refractivity contribution in [3.8, 4) is 0 Å². The summed E-state index contributed by atoms with van der Waals surface area (Å²) >= 11 is 4.12. The predicted molar refractivity (Wildman–Crippen MR) is 83.2 cm³/mol. The lowest BCUT2D eigenvalue weighted by Crippen LogP contribution is -2.36. The quantitative estimate of drug-likeness (QED) is 0.893. The summed E-state index contributed by atoms with van der Waals surface area (Å²) in [6.45, 7) is 4.62. The third-order valence-corrected chi connectivity index (χ3v) is 6.97. The molecule has 0 aromatic carbocycles. The Balaban J connectivity index is 2.17. The minimum Gasteiger partial charge on any atom is -0.398 e. The standard InChI is InChI=1S/C13H21N3S2/c1-8-9(2)18-12(7-17-8)13(15-3)10-6-16-5-4-11(10)14/h4-6,8-9,12-13,15H,7H2,1-3H3,(H2,14,16). The third-order valence-electron chi connectivity index (χ3n) is 3.48. The van der Waals surface area contributed by atoms with Gasteiger partial charge in [-0.25, -0.2) is 0 Å². The van der Waals surface area contributed by atoms with Gasteiger partial charge in [-0.1, -0.05) is 13.8 Å². The van der Waals surface area contributed by atoms with Crippen LogP contribution < -0.4 is 11.1 Å². The second-order valence-corrected chi connectivity index (χ2v) is 7.72. The van der Waals surface area contributed by atoms with Crippen LogP contribution in [0.1, 0.15) is 25.5 Å². The number of nitrogens with one attached hydrogen (secondary N) is 1. The van der Waals surface area contributed by atoms with Crippen LogP contribution in [0.15, 0.2) is 18.5 Å². The van der Waals surface area contributed by atoms with E-state index in [9.17, 15) is 0 Å². The Morgan fingerprint density at radius 2 is 2.22 bits per heavy atom. The molecule has 1 saturated heterocycles. The molecule has 0 saturated carbocycles. The van der Waals surface area contributed by atoms with E-state index in [0.29, 0.717) is 10.5 Å². The summed E-state index contributed by atoms with van der Waals surface area (Å²) in [5.74, 6) is 1.16. The van der Waals surface area contributed by atoms with Crippen LogP contribution in [0, 0.1) is 0 Å². The average molecular weight is 283 g/mol. The Bertz CT molecular complexity index is 400. The van der Waals surface area contributed by atoms with Gasteiger partial charge in [-0.2, -0.15) is 23.5 Å². The van der Waals surface area contributed by atoms with E-state index >= 15 is 0 Å². The van der Waals surface area contributed by atoms with Crippen LogP contribution in [-0.4, -0.2) is 33.5 Å². The van der Waals surface area contributed by atoms with Gasteiger partial charge in [-0.15, -0.1) is 0 Å². The van der Waals surface area contributed by atoms with Crippen LogP contribution in [0.2, 0.25) is 0 Å². The first-order valence-electron chi connectivity index (χ1n) is 6.27. The number of hydrogen-bond acceptors (Lipinski definition) is 5. The van der Waals surface area contributed by atoms with Gasteiger partial charge in [-0.05, 0) is 13.1 Å². The van der Waals surface area contributed by atoms with Crippen molar-refractivity contribution in [3.05, 3.63) is 24.0 Å². The molecule has 3 nitrogen and oxygen atoms in total. The molecule has 4 atom stereocenters. The zero-order valence-corrected chi connectivity index (χ0v) is 12.7. The number of anilines is 1. The fourth-order valence-electron chi connectivity index (χ4n) is 2.20. The van der Waals surface area contributed by atoms with Crippen molar-refractivity contribution in [1.82, 2.24) is 10.3 Å². The minimum absolute atomic E-state index is 0.283. The van der Waals surface area contributed by atoms with Gasteiger partial charge in [0.2, 0.25) is 0 Å². The SMILES string of the molecule is CNC(c1cnccc1N)C1CSC(C)C(C)S1. The van der Waals surface area contributed by atoms with Crippen molar-refractivity contribution in [1.29, 1.82) is 0 Å². The molecule has 0 bridgehead atoms. The van der Waals surface area contributed by atoms with Gasteiger partial charge >= 0.3 is 0 Å². The fourth-order valence-corrected chi connectivity index (χ4v) is 5.35. The monoisotopic (exact) mass is 283 g/mol. The topological polar surface area (TPSA) is 50.9 Å². The Morgan fingerprint density at radius 1 is 1.44 bits per heavy atom. The van der Waals surface area contributed by atoms with Crippen molar-refractivity contribution in [2.45, 2.75) is 35.6 Å². The van der Waals surface area contributed by atoms with Crippen LogP contribution in [0.3, 0.4) is 0 Å². The van der Waals surface area contributed by atoms with Gasteiger partial charge in [0.25, 0.3) is 0 Å². The van der Waals surface area contributed by atoms with Gasteiger partial charge in [0, 0.05) is 51.2 Å². The normalized spacial score (nSPS) is 30.1. The highest BCUT2D eigenvalue weighted by molar-refractivity contribution is 8.07. The van der Waals surface area contributed by atoms with E-state index < -0.39 is 0 Å².